The van der Waals surface area contributed by atoms with Gasteiger partial charge < -0.3 is 98.0 Å². The highest BCUT2D eigenvalue weighted by molar-refractivity contribution is 8.01. The van der Waals surface area contributed by atoms with Gasteiger partial charge in [-0.25, -0.2) is 9.59 Å². The molecule has 0 spiro atoms. The molecule has 7 aliphatic rings. The molecule has 0 aromatic heterocycles. The first-order chi connectivity index (χ1) is 41.1. The van der Waals surface area contributed by atoms with E-state index < -0.39 is 133 Å². The molecule has 5 fully saturated rings. The van der Waals surface area contributed by atoms with Crippen LogP contribution in [-0.2, 0) is 72.1 Å². The number of ether oxygens (including phenoxy) is 13. The molecule has 21 atom stereocenters. The van der Waals surface area contributed by atoms with Crippen LogP contribution in [0, 0.1) is 0 Å². The van der Waals surface area contributed by atoms with Gasteiger partial charge in [-0.3, -0.25) is 14.4 Å². The van der Waals surface area contributed by atoms with Gasteiger partial charge in [-0.2, -0.15) is 17.2 Å². The Hall–Kier alpha value is -4.70. The summed E-state index contributed by atoms with van der Waals surface area (Å²) in [5.41, 5.74) is 1.11. The number of aliphatic hydroxyl groups is 4. The highest BCUT2D eigenvalue weighted by atomic mass is 32.2. The molecule has 5 heterocycles. The molecular weight excluding hydrogens is 1170 g/mol. The van der Waals surface area contributed by atoms with Gasteiger partial charge in [0.25, 0.3) is 5.91 Å². The average Bonchev–Trinajstić information content (AvgIpc) is 1.20. The van der Waals surface area contributed by atoms with Crippen LogP contribution in [-0.4, -0.2) is 219 Å². The zero-order valence-corrected chi connectivity index (χ0v) is 51.4. The van der Waals surface area contributed by atoms with Gasteiger partial charge >= 0.3 is 12.1 Å². The van der Waals surface area contributed by atoms with Crippen LogP contribution in [0.15, 0.2) is 60.4 Å². The molecule has 2 bridgehead atoms. The van der Waals surface area contributed by atoms with E-state index in [2.05, 4.69) is 28.0 Å². The Kier molecular flexibility index (Phi) is 21.1. The summed E-state index contributed by atoms with van der Waals surface area (Å²) in [4.78, 5) is 62.7. The van der Waals surface area contributed by atoms with Crippen molar-refractivity contribution in [3.8, 4) is 11.5 Å². The first-order valence-corrected chi connectivity index (χ1v) is 30.7. The largest absolute Gasteiger partial charge is 0.493 e. The first kappa shape index (κ1) is 65.7. The maximum Gasteiger partial charge on any atom is 0.407 e. The summed E-state index contributed by atoms with van der Waals surface area (Å²) in [5.74, 6) is -2.47. The number of Topliss-reactive ketones (excluding diaryl/α,β-unsaturated/α-hetero) is 1. The molecule has 2 aliphatic carbocycles. The van der Waals surface area contributed by atoms with Crippen LogP contribution < -0.4 is 30.9 Å². The minimum Gasteiger partial charge on any atom is -0.493 e. The number of alkyl carbamates (subject to hydrolysis) is 1. The molecular formula is C58H80N4O22S2. The van der Waals surface area contributed by atoms with Crippen molar-refractivity contribution < 1.29 is 106 Å². The Bertz CT molecular complexity index is 2810. The highest BCUT2D eigenvalue weighted by Crippen LogP contribution is 2.66. The van der Waals surface area contributed by atoms with Gasteiger partial charge in [0.2, 0.25) is 0 Å². The van der Waals surface area contributed by atoms with Gasteiger partial charge in [-0.1, -0.05) is 50.8 Å². The third-order valence-electron chi connectivity index (χ3n) is 16.8. The highest BCUT2D eigenvalue weighted by Gasteiger charge is 2.73. The number of nitrogens with one attached hydrogen (secondary N) is 4. The second-order valence-corrected chi connectivity index (χ2v) is 24.7. The molecule has 5 aliphatic heterocycles. The topological polar surface area (TPSA) is 327 Å². The lowest BCUT2D eigenvalue weighted by Gasteiger charge is -2.59. The smallest absolute Gasteiger partial charge is 0.407 e. The summed E-state index contributed by atoms with van der Waals surface area (Å²) in [7, 11) is 6.68. The molecule has 1 saturated carbocycles. The number of benzene rings is 2. The molecule has 9 rings (SSSR count). The summed E-state index contributed by atoms with van der Waals surface area (Å²) >= 11 is 2.70. The van der Waals surface area contributed by atoms with E-state index >= 15 is 4.79 Å². The third kappa shape index (κ3) is 12.7. The molecule has 28 heteroatoms. The standard InChI is InChI=1S/C58H80N4O22S2/c1-25(2)59-34-24-76-41(22-36(34)72-8)81-48-46(65)44(62-84-43-21-35(63)49(85-12)28(5)78-43)26(3)79-55(48)83-51-30-15-13-14-16-32(30)57(70)40-17-18-86-58(40,51)50(61-56(69)75-11)47(66)52(57)82-42-23-39(45(64)27(4)77-42)80-54(68)31-19-37(73-9)38(74-10)20-33(31)60-53(67)29(6)71-7/h13-17,19-20,25-28,34-36,39,41-46,48-52,55,59,62-65,70H,6,18,21-24H2,1-5,7-12H3,(H,60,67)(H,61,69)/t26-,27-,28-,34-,35+,36-,39-,41-,42-,43+,44-,45+,46+,48-,49-,50?,51?,52?,55+,57?,58?/m0/s1. The van der Waals surface area contributed by atoms with Crippen LogP contribution in [0.3, 0.4) is 0 Å². The quantitative estimate of drug-likeness (QED) is 0.0293. The van der Waals surface area contributed by atoms with Gasteiger partial charge in [0.15, 0.2) is 54.3 Å². The van der Waals surface area contributed by atoms with Crippen LogP contribution in [0.2, 0.25) is 0 Å². The van der Waals surface area contributed by atoms with E-state index in [1.807, 2.05) is 27.0 Å². The number of anilines is 1. The molecule has 2 amide bonds. The summed E-state index contributed by atoms with van der Waals surface area (Å²) in [5, 5.41) is 57.4. The average molecular weight is 1250 g/mol. The van der Waals surface area contributed by atoms with Crippen molar-refractivity contribution in [1.29, 1.82) is 0 Å². The number of hydrogen-bond donors (Lipinski definition) is 8. The summed E-state index contributed by atoms with van der Waals surface area (Å²) in [6, 6.07) is 6.66. The number of carbonyl (C=O) groups is 4. The number of carbonyl (C=O) groups excluding carboxylic acids is 4. The molecule has 4 saturated heterocycles. The monoisotopic (exact) mass is 1250 g/mol. The second-order valence-electron chi connectivity index (χ2n) is 22.4. The molecule has 86 heavy (non-hydrogen) atoms. The SMILES string of the molecule is C=C(OC)C(=O)Nc1cc(OC)c(OC)cc1C(=O)O[C@H]1C[C@H](OC2C(=O)C(NC(=O)OC)C34SCC=C3C2(O)c2ccccc2C4O[C@H]2O[C@@H](C)[C@H](NO[C@@H]3C[C@@H](O)[C@@H](SC)[C@H](C)O3)[C@@H](O)[C@@H]2O[C@H]2C[C@H](OC)[C@@H](NC(C)C)CO2)O[C@@H](C)[C@H]1O. The number of esters is 1. The fourth-order valence-corrected chi connectivity index (χ4v) is 15.0. The lowest BCUT2D eigenvalue weighted by molar-refractivity contribution is -0.344. The van der Waals surface area contributed by atoms with E-state index in [0.717, 1.165) is 7.11 Å². The van der Waals surface area contributed by atoms with E-state index in [-0.39, 0.29) is 94.4 Å². The molecule has 0 radical (unpaired) electrons. The minimum atomic E-state index is -2.31. The number of amides is 2. The van der Waals surface area contributed by atoms with Crippen molar-refractivity contribution in [2.45, 2.75) is 186 Å². The lowest BCUT2D eigenvalue weighted by atomic mass is 9.57. The molecule has 2 aromatic carbocycles. The Morgan fingerprint density at radius 3 is 2.22 bits per heavy atom. The number of thioether (sulfide) groups is 2. The van der Waals surface area contributed by atoms with Crippen molar-refractivity contribution in [2.24, 2.45) is 0 Å². The number of ketones is 1. The van der Waals surface area contributed by atoms with Gasteiger partial charge in [-0.05, 0) is 43.7 Å². The normalized spacial score (nSPS) is 37.5. The lowest BCUT2D eigenvalue weighted by Crippen LogP contribution is -2.74. The Balaban J connectivity index is 1.04. The molecule has 26 nitrogen and oxygen atoms in total. The summed E-state index contributed by atoms with van der Waals surface area (Å²) < 4.78 is 77.2. The van der Waals surface area contributed by atoms with Crippen LogP contribution in [0.5, 0.6) is 11.5 Å². The fourth-order valence-electron chi connectivity index (χ4n) is 12.6. The van der Waals surface area contributed by atoms with Crippen molar-refractivity contribution in [2.75, 3.05) is 59.5 Å². The van der Waals surface area contributed by atoms with Crippen LogP contribution in [0.4, 0.5) is 10.5 Å². The van der Waals surface area contributed by atoms with E-state index in [1.54, 1.807) is 44.4 Å². The van der Waals surface area contributed by atoms with E-state index in [1.165, 1.54) is 63.9 Å². The minimum absolute atomic E-state index is 0.0743. The van der Waals surface area contributed by atoms with E-state index in [0.29, 0.717) is 5.56 Å². The van der Waals surface area contributed by atoms with Crippen molar-refractivity contribution in [3.63, 3.8) is 0 Å². The van der Waals surface area contributed by atoms with E-state index in [4.69, 9.17) is 66.4 Å². The molecule has 5 unspecified atom stereocenters. The van der Waals surface area contributed by atoms with Crippen molar-refractivity contribution in [1.82, 2.24) is 16.1 Å². The fraction of sp³-hybridized carbons (Fsp3) is 0.655. The van der Waals surface area contributed by atoms with Crippen LogP contribution >= 0.6 is 23.5 Å². The van der Waals surface area contributed by atoms with Crippen molar-refractivity contribution >= 4 is 53.0 Å². The number of hydroxylamine groups is 1. The van der Waals surface area contributed by atoms with Crippen LogP contribution in [0.1, 0.15) is 81.5 Å². The van der Waals surface area contributed by atoms with Gasteiger partial charge in [0.05, 0.1) is 98.9 Å². The maximum atomic E-state index is 15.8. The summed E-state index contributed by atoms with van der Waals surface area (Å²) in [6.45, 7) is 12.8. The predicted octanol–water partition coefficient (Wildman–Crippen LogP) is 2.62. The maximum absolute atomic E-state index is 15.8. The molecule has 476 valence electrons. The summed E-state index contributed by atoms with van der Waals surface area (Å²) in [6.07, 6.45) is -14.5. The predicted molar refractivity (Wildman–Crippen MR) is 308 cm³/mol. The Morgan fingerprint density at radius 1 is 0.837 bits per heavy atom. The molecule has 2 aromatic rings. The van der Waals surface area contributed by atoms with Gasteiger partial charge in [-0.15, -0.1) is 11.8 Å². The van der Waals surface area contributed by atoms with Gasteiger partial charge in [0, 0.05) is 50.3 Å². The number of hydrogen-bond acceptors (Lipinski definition) is 26. The zero-order valence-electron chi connectivity index (χ0n) is 49.8. The number of methoxy groups -OCH3 is 5. The third-order valence-corrected chi connectivity index (χ3v) is 19.5. The van der Waals surface area contributed by atoms with Crippen molar-refractivity contribution in [3.05, 3.63) is 77.1 Å². The number of fused-ring (bicyclic) bond motifs is 2. The second kappa shape index (κ2) is 27.6. The molecule has 8 N–H and O–H groups in total. The van der Waals surface area contributed by atoms with Crippen LogP contribution in [0.25, 0.3) is 0 Å². The first-order valence-electron chi connectivity index (χ1n) is 28.4. The zero-order chi connectivity index (χ0) is 62.1. The Labute approximate surface area is 507 Å². The number of aliphatic hydroxyl groups excluding tert-OH is 3. The number of rotatable bonds is 21. The van der Waals surface area contributed by atoms with Gasteiger partial charge in [0.1, 0.15) is 42.2 Å². The van der Waals surface area contributed by atoms with E-state index in [9.17, 15) is 34.8 Å². The Morgan fingerprint density at radius 2 is 1.55 bits per heavy atom.